The first-order chi connectivity index (χ1) is 13.2. The van der Waals surface area contributed by atoms with Gasteiger partial charge >= 0.3 is 6.18 Å². The third kappa shape index (κ3) is 2.92. The Kier molecular flexibility index (Phi) is 4.33. The van der Waals surface area contributed by atoms with E-state index < -0.39 is 17.8 Å². The van der Waals surface area contributed by atoms with Crippen LogP contribution in [0.3, 0.4) is 0 Å². The van der Waals surface area contributed by atoms with Crippen molar-refractivity contribution in [3.8, 4) is 11.3 Å². The number of nitrogens with one attached hydrogen (secondary N) is 1. The van der Waals surface area contributed by atoms with Crippen LogP contribution < -0.4 is 5.32 Å². The number of hydrogen-bond donors (Lipinski definition) is 1. The highest BCUT2D eigenvalue weighted by Crippen LogP contribution is 2.41. The van der Waals surface area contributed by atoms with Crippen molar-refractivity contribution in [3.05, 3.63) is 51.8 Å². The number of rotatable bonds is 2. The van der Waals surface area contributed by atoms with Crippen molar-refractivity contribution in [2.24, 2.45) is 0 Å². The molecule has 1 aliphatic carbocycles. The number of amides is 1. The summed E-state index contributed by atoms with van der Waals surface area (Å²) in [6, 6.07) is 6.99. The van der Waals surface area contributed by atoms with Crippen LogP contribution in [0.5, 0.6) is 0 Å². The topological polar surface area (TPSA) is 59.3 Å². The Bertz CT molecular complexity index is 1100. The molecule has 0 radical (unpaired) electrons. The van der Waals surface area contributed by atoms with Crippen molar-refractivity contribution in [2.45, 2.75) is 38.9 Å². The zero-order chi connectivity index (χ0) is 20.2. The SMILES string of the molecule is CC(C)NC(=O)c1nn2c(C(F)(F)F)c3c(nc2c1Cl)-c1ccccc1CC3. The molecule has 0 spiro atoms. The lowest BCUT2D eigenvalue weighted by molar-refractivity contribution is -0.143. The summed E-state index contributed by atoms with van der Waals surface area (Å²) < 4.78 is 42.7. The van der Waals surface area contributed by atoms with Crippen molar-refractivity contribution in [3.63, 3.8) is 0 Å². The molecule has 3 aromatic rings. The van der Waals surface area contributed by atoms with Gasteiger partial charge in [-0.1, -0.05) is 35.9 Å². The van der Waals surface area contributed by atoms with E-state index in [4.69, 9.17) is 11.6 Å². The molecule has 1 N–H and O–H groups in total. The zero-order valence-corrected chi connectivity index (χ0v) is 15.8. The van der Waals surface area contributed by atoms with E-state index in [1.54, 1.807) is 26.0 Å². The lowest BCUT2D eigenvalue weighted by Gasteiger charge is -2.23. The number of fused-ring (bicyclic) bond motifs is 4. The molecule has 4 rings (SSSR count). The minimum Gasteiger partial charge on any atom is -0.348 e. The Hall–Kier alpha value is -2.61. The van der Waals surface area contributed by atoms with Gasteiger partial charge in [-0.05, 0) is 32.3 Å². The summed E-state index contributed by atoms with van der Waals surface area (Å²) in [5.41, 5.74) is 0.471. The molecule has 5 nitrogen and oxygen atoms in total. The van der Waals surface area contributed by atoms with Crippen LogP contribution in [0, 0.1) is 0 Å². The number of aryl methyl sites for hydroxylation is 1. The summed E-state index contributed by atoms with van der Waals surface area (Å²) in [5, 5.41) is 6.28. The standard InChI is InChI=1S/C19H16ClF3N4O/c1-9(2)24-18(28)15-13(20)17-25-14-11-6-4-3-5-10(11)7-8-12(14)16(19(21,22)23)27(17)26-15/h3-6,9H,7-8H2,1-2H3,(H,24,28). The zero-order valence-electron chi connectivity index (χ0n) is 15.1. The molecular weight excluding hydrogens is 393 g/mol. The van der Waals surface area contributed by atoms with Crippen LogP contribution in [0.15, 0.2) is 24.3 Å². The fourth-order valence-corrected chi connectivity index (χ4v) is 3.76. The van der Waals surface area contributed by atoms with Crippen LogP contribution >= 0.6 is 11.6 Å². The van der Waals surface area contributed by atoms with Crippen LogP contribution in [-0.2, 0) is 19.0 Å². The first-order valence-corrected chi connectivity index (χ1v) is 9.13. The number of hydrogen-bond acceptors (Lipinski definition) is 3. The minimum atomic E-state index is -4.68. The quantitative estimate of drug-likeness (QED) is 0.687. The summed E-state index contributed by atoms with van der Waals surface area (Å²) in [5.74, 6) is -0.642. The van der Waals surface area contributed by atoms with Gasteiger partial charge in [-0.3, -0.25) is 4.79 Å². The maximum Gasteiger partial charge on any atom is 0.433 e. The number of nitrogens with zero attached hydrogens (tertiary/aromatic N) is 3. The van der Waals surface area contributed by atoms with Crippen molar-refractivity contribution in [1.29, 1.82) is 0 Å². The molecule has 28 heavy (non-hydrogen) atoms. The second-order valence-electron chi connectivity index (χ2n) is 6.97. The molecule has 9 heteroatoms. The highest BCUT2D eigenvalue weighted by atomic mass is 35.5. The van der Waals surface area contributed by atoms with Crippen molar-refractivity contribution >= 4 is 23.2 Å². The van der Waals surface area contributed by atoms with Gasteiger partial charge in [-0.15, -0.1) is 0 Å². The maximum absolute atomic E-state index is 14.0. The molecule has 0 saturated heterocycles. The molecule has 0 unspecified atom stereocenters. The minimum absolute atomic E-state index is 0.0636. The van der Waals surface area contributed by atoms with E-state index in [1.807, 2.05) is 12.1 Å². The Labute approximate surface area is 163 Å². The highest BCUT2D eigenvalue weighted by molar-refractivity contribution is 6.36. The Balaban J connectivity index is 2.04. The van der Waals surface area contributed by atoms with Gasteiger partial charge in [-0.2, -0.15) is 18.3 Å². The van der Waals surface area contributed by atoms with Crippen LogP contribution in [0.2, 0.25) is 5.02 Å². The molecular formula is C19H16ClF3N4O. The average molecular weight is 409 g/mol. The molecule has 2 heterocycles. The van der Waals surface area contributed by atoms with Gasteiger partial charge in [0.1, 0.15) is 5.02 Å². The molecule has 146 valence electrons. The van der Waals surface area contributed by atoms with Crippen molar-refractivity contribution < 1.29 is 18.0 Å². The van der Waals surface area contributed by atoms with Crippen LogP contribution in [0.4, 0.5) is 13.2 Å². The van der Waals surface area contributed by atoms with Gasteiger partial charge in [0.25, 0.3) is 5.91 Å². The van der Waals surface area contributed by atoms with Crippen molar-refractivity contribution in [2.75, 3.05) is 0 Å². The van der Waals surface area contributed by atoms with Gasteiger partial charge in [0.15, 0.2) is 17.0 Å². The predicted octanol–water partition coefficient (Wildman–Crippen LogP) is 4.31. The predicted molar refractivity (Wildman–Crippen MR) is 98.4 cm³/mol. The number of carbonyl (C=O) groups is 1. The summed E-state index contributed by atoms with van der Waals surface area (Å²) in [7, 11) is 0. The van der Waals surface area contributed by atoms with Gasteiger partial charge in [0.2, 0.25) is 0 Å². The Morgan fingerprint density at radius 3 is 2.64 bits per heavy atom. The van der Waals surface area contributed by atoms with Crippen molar-refractivity contribution in [1.82, 2.24) is 19.9 Å². The molecule has 0 saturated carbocycles. The van der Waals surface area contributed by atoms with E-state index in [9.17, 15) is 18.0 Å². The Morgan fingerprint density at radius 1 is 1.25 bits per heavy atom. The van der Waals surface area contributed by atoms with Gasteiger partial charge in [-0.25, -0.2) is 9.50 Å². The third-order valence-corrected chi connectivity index (χ3v) is 4.97. The van der Waals surface area contributed by atoms with E-state index in [-0.39, 0.29) is 40.1 Å². The van der Waals surface area contributed by atoms with Gasteiger partial charge < -0.3 is 5.32 Å². The smallest absolute Gasteiger partial charge is 0.348 e. The number of alkyl halides is 3. The second kappa shape index (κ2) is 6.48. The lowest BCUT2D eigenvalue weighted by Crippen LogP contribution is -2.30. The highest BCUT2D eigenvalue weighted by Gasteiger charge is 2.41. The molecule has 1 aliphatic rings. The molecule has 1 aromatic carbocycles. The fraction of sp³-hybridized carbons (Fsp3) is 0.316. The summed E-state index contributed by atoms with van der Waals surface area (Å²) in [4.78, 5) is 16.7. The van der Waals surface area contributed by atoms with Gasteiger partial charge in [0, 0.05) is 17.2 Å². The average Bonchev–Trinajstić information content (AvgIpc) is 2.94. The Morgan fingerprint density at radius 2 is 1.96 bits per heavy atom. The first kappa shape index (κ1) is 18.7. The molecule has 2 aromatic heterocycles. The lowest BCUT2D eigenvalue weighted by atomic mass is 9.88. The number of benzene rings is 1. The number of halogens is 4. The summed E-state index contributed by atoms with van der Waals surface area (Å²) in [6.45, 7) is 3.47. The largest absolute Gasteiger partial charge is 0.433 e. The normalized spacial score (nSPS) is 13.5. The number of carbonyl (C=O) groups excluding carboxylic acids is 1. The molecule has 0 bridgehead atoms. The van der Waals surface area contributed by atoms with E-state index in [2.05, 4.69) is 15.4 Å². The first-order valence-electron chi connectivity index (χ1n) is 8.76. The maximum atomic E-state index is 14.0. The van der Waals surface area contributed by atoms with Crippen LogP contribution in [0.1, 0.15) is 41.2 Å². The van der Waals surface area contributed by atoms with Crippen LogP contribution in [0.25, 0.3) is 16.9 Å². The van der Waals surface area contributed by atoms with E-state index in [1.165, 1.54) is 0 Å². The summed E-state index contributed by atoms with van der Waals surface area (Å²) >= 11 is 6.25. The van der Waals surface area contributed by atoms with E-state index in [0.717, 1.165) is 5.56 Å². The van der Waals surface area contributed by atoms with Gasteiger partial charge in [0.05, 0.1) is 5.69 Å². The molecule has 0 fully saturated rings. The molecule has 1 amide bonds. The third-order valence-electron chi connectivity index (χ3n) is 4.63. The van der Waals surface area contributed by atoms with E-state index >= 15 is 0 Å². The number of aromatic nitrogens is 3. The fourth-order valence-electron chi connectivity index (χ4n) is 3.51. The van der Waals surface area contributed by atoms with Crippen LogP contribution in [-0.4, -0.2) is 26.5 Å². The monoisotopic (exact) mass is 408 g/mol. The molecule has 0 aliphatic heterocycles. The van der Waals surface area contributed by atoms with E-state index in [0.29, 0.717) is 16.5 Å². The summed E-state index contributed by atoms with van der Waals surface area (Å²) in [6.07, 6.45) is -4.04. The molecule has 0 atom stereocenters. The second-order valence-corrected chi connectivity index (χ2v) is 7.35.